The fraction of sp³-hybridized carbons (Fsp3) is 0.455. The molecule has 1 aromatic heterocycles. The number of anilines is 1. The Kier molecular flexibility index (Phi) is 4.24. The molecule has 1 aromatic rings. The van der Waals surface area contributed by atoms with Crippen LogP contribution in [-0.2, 0) is 4.74 Å². The van der Waals surface area contributed by atoms with Gasteiger partial charge in [0.05, 0.1) is 17.6 Å². The van der Waals surface area contributed by atoms with E-state index in [-0.39, 0.29) is 23.6 Å². The predicted molar refractivity (Wildman–Crippen MR) is 70.0 cm³/mol. The molecule has 8 nitrogen and oxygen atoms in total. The summed E-state index contributed by atoms with van der Waals surface area (Å²) in [7, 11) is 0. The molecule has 8 heteroatoms. The maximum absolute atomic E-state index is 10.8. The molecule has 0 bridgehead atoms. The molecule has 19 heavy (non-hydrogen) atoms. The smallest absolute Gasteiger partial charge is 0.311 e. The van der Waals surface area contributed by atoms with Crippen LogP contribution in [0, 0.1) is 10.1 Å². The normalized spacial score (nSPS) is 19.4. The quantitative estimate of drug-likeness (QED) is 0.361. The minimum absolute atomic E-state index is 0.0825. The van der Waals surface area contributed by atoms with Crippen molar-refractivity contribution >= 4 is 17.5 Å². The average Bonchev–Trinajstić information content (AvgIpc) is 2.90. The zero-order valence-corrected chi connectivity index (χ0v) is 10.3. The van der Waals surface area contributed by atoms with Gasteiger partial charge in [0, 0.05) is 18.9 Å². The molecule has 0 saturated carbocycles. The minimum Gasteiger partial charge on any atom is -0.376 e. The molecule has 0 aromatic carbocycles. The first-order valence-electron chi connectivity index (χ1n) is 5.95. The van der Waals surface area contributed by atoms with Gasteiger partial charge in [-0.25, -0.2) is 4.98 Å². The molecule has 0 aliphatic carbocycles. The molecule has 1 aliphatic rings. The molecule has 1 atom stereocenters. The summed E-state index contributed by atoms with van der Waals surface area (Å²) < 4.78 is 5.40. The van der Waals surface area contributed by atoms with E-state index >= 15 is 0 Å². The van der Waals surface area contributed by atoms with Gasteiger partial charge in [0.2, 0.25) is 5.82 Å². The lowest BCUT2D eigenvalue weighted by atomic mass is 10.2. The van der Waals surface area contributed by atoms with Crippen molar-refractivity contribution in [3.63, 3.8) is 0 Å². The Bertz CT molecular complexity index is 485. The van der Waals surface area contributed by atoms with Gasteiger partial charge in [0.1, 0.15) is 0 Å². The lowest BCUT2D eigenvalue weighted by Crippen LogP contribution is -2.25. The highest BCUT2D eigenvalue weighted by atomic mass is 16.6. The second-order valence-corrected chi connectivity index (χ2v) is 4.11. The highest BCUT2D eigenvalue weighted by molar-refractivity contribution is 5.93. The molecule has 1 unspecified atom stereocenters. The van der Waals surface area contributed by atoms with Crippen molar-refractivity contribution in [2.24, 2.45) is 10.7 Å². The zero-order valence-electron chi connectivity index (χ0n) is 10.3. The number of nitrogens with zero attached hydrogens (tertiary/aromatic N) is 3. The third-order valence-corrected chi connectivity index (χ3v) is 2.72. The van der Waals surface area contributed by atoms with Gasteiger partial charge in [0.15, 0.2) is 5.96 Å². The van der Waals surface area contributed by atoms with Gasteiger partial charge < -0.3 is 15.8 Å². The van der Waals surface area contributed by atoms with E-state index in [2.05, 4.69) is 15.3 Å². The van der Waals surface area contributed by atoms with Crippen LogP contribution >= 0.6 is 0 Å². The number of aromatic nitrogens is 1. The monoisotopic (exact) mass is 265 g/mol. The fourth-order valence-corrected chi connectivity index (χ4v) is 1.79. The van der Waals surface area contributed by atoms with Crippen molar-refractivity contribution < 1.29 is 9.66 Å². The highest BCUT2D eigenvalue weighted by Crippen LogP contribution is 2.19. The van der Waals surface area contributed by atoms with Crippen molar-refractivity contribution in [3.8, 4) is 0 Å². The van der Waals surface area contributed by atoms with Crippen LogP contribution in [0.2, 0.25) is 0 Å². The lowest BCUT2D eigenvalue weighted by molar-refractivity contribution is -0.384. The molecule has 1 aliphatic heterocycles. The summed E-state index contributed by atoms with van der Waals surface area (Å²) in [5.74, 6) is 0.179. The summed E-state index contributed by atoms with van der Waals surface area (Å²) in [5, 5.41) is 13.4. The van der Waals surface area contributed by atoms with Gasteiger partial charge in [-0.15, -0.1) is 0 Å². The fourth-order valence-electron chi connectivity index (χ4n) is 1.79. The largest absolute Gasteiger partial charge is 0.376 e. The number of hydrogen-bond acceptors (Lipinski definition) is 5. The third-order valence-electron chi connectivity index (χ3n) is 2.72. The van der Waals surface area contributed by atoms with Crippen LogP contribution < -0.4 is 11.1 Å². The Balaban J connectivity index is 1.99. The molecule has 0 radical (unpaired) electrons. The first-order chi connectivity index (χ1) is 9.16. The van der Waals surface area contributed by atoms with Crippen LogP contribution in [0.5, 0.6) is 0 Å². The van der Waals surface area contributed by atoms with Crippen molar-refractivity contribution in [1.82, 2.24) is 4.98 Å². The van der Waals surface area contributed by atoms with E-state index < -0.39 is 4.92 Å². The molecule has 1 fully saturated rings. The zero-order chi connectivity index (χ0) is 13.7. The summed E-state index contributed by atoms with van der Waals surface area (Å²) in [5.41, 5.74) is 5.53. The van der Waals surface area contributed by atoms with Crippen molar-refractivity contribution in [2.75, 3.05) is 18.5 Å². The average molecular weight is 265 g/mol. The molecular weight excluding hydrogens is 250 g/mol. The summed E-state index contributed by atoms with van der Waals surface area (Å²) in [6.45, 7) is 1.19. The maximum Gasteiger partial charge on any atom is 0.311 e. The molecule has 1 saturated heterocycles. The van der Waals surface area contributed by atoms with E-state index in [1.165, 1.54) is 18.3 Å². The van der Waals surface area contributed by atoms with Crippen LogP contribution in [0.3, 0.4) is 0 Å². The van der Waals surface area contributed by atoms with Gasteiger partial charge in [-0.2, -0.15) is 0 Å². The van der Waals surface area contributed by atoms with Crippen molar-refractivity contribution in [2.45, 2.75) is 18.9 Å². The minimum atomic E-state index is -0.525. The van der Waals surface area contributed by atoms with E-state index in [0.717, 1.165) is 19.4 Å². The summed E-state index contributed by atoms with van der Waals surface area (Å²) in [4.78, 5) is 18.2. The van der Waals surface area contributed by atoms with Gasteiger partial charge in [0.25, 0.3) is 0 Å². The van der Waals surface area contributed by atoms with Gasteiger partial charge in [-0.1, -0.05) is 0 Å². The molecule has 2 rings (SSSR count). The van der Waals surface area contributed by atoms with Crippen LogP contribution in [0.25, 0.3) is 0 Å². The van der Waals surface area contributed by atoms with E-state index in [1.807, 2.05) is 0 Å². The van der Waals surface area contributed by atoms with Crippen LogP contribution in [-0.4, -0.2) is 35.1 Å². The number of nitrogens with two attached hydrogens (primary N) is 1. The van der Waals surface area contributed by atoms with E-state index in [4.69, 9.17) is 10.5 Å². The summed E-state index contributed by atoms with van der Waals surface area (Å²) in [6.07, 6.45) is 3.52. The first-order valence-corrected chi connectivity index (χ1v) is 5.95. The molecule has 0 amide bonds. The van der Waals surface area contributed by atoms with E-state index in [9.17, 15) is 10.1 Å². The number of rotatable bonds is 4. The Morgan fingerprint density at radius 1 is 1.74 bits per heavy atom. The number of guanidine groups is 1. The maximum atomic E-state index is 10.8. The lowest BCUT2D eigenvalue weighted by Gasteiger charge is -2.07. The molecular formula is C11H15N5O3. The second-order valence-electron chi connectivity index (χ2n) is 4.11. The Hall–Kier alpha value is -2.22. The van der Waals surface area contributed by atoms with E-state index in [0.29, 0.717) is 6.54 Å². The van der Waals surface area contributed by atoms with Gasteiger partial charge in [-0.3, -0.25) is 15.1 Å². The third kappa shape index (κ3) is 3.62. The first kappa shape index (κ1) is 13.2. The predicted octanol–water partition coefficient (Wildman–Crippen LogP) is 0.895. The van der Waals surface area contributed by atoms with E-state index in [1.54, 1.807) is 0 Å². The van der Waals surface area contributed by atoms with Crippen LogP contribution in [0.15, 0.2) is 23.3 Å². The number of ether oxygens (including phenoxy) is 1. The summed E-state index contributed by atoms with van der Waals surface area (Å²) in [6, 6.07) is 2.84. The number of nitrogens with one attached hydrogen (secondary N) is 1. The van der Waals surface area contributed by atoms with Crippen molar-refractivity contribution in [3.05, 3.63) is 28.4 Å². The van der Waals surface area contributed by atoms with Crippen LogP contribution in [0.4, 0.5) is 11.5 Å². The Labute approximate surface area is 109 Å². The van der Waals surface area contributed by atoms with Crippen molar-refractivity contribution in [1.29, 1.82) is 0 Å². The molecule has 102 valence electrons. The molecule has 0 spiro atoms. The highest BCUT2D eigenvalue weighted by Gasteiger charge is 2.16. The number of nitro groups is 1. The number of hydrogen-bond donors (Lipinski definition) is 2. The topological polar surface area (TPSA) is 116 Å². The molecule has 2 heterocycles. The number of pyridine rings is 1. The SMILES string of the molecule is NC(=NCC1CCCO1)Nc1ncccc1[N+](=O)[O-]. The number of aliphatic imine (C=N–C) groups is 1. The van der Waals surface area contributed by atoms with Gasteiger partial charge >= 0.3 is 5.69 Å². The van der Waals surface area contributed by atoms with Crippen LogP contribution in [0.1, 0.15) is 12.8 Å². The standard InChI is InChI=1S/C11H15N5O3/c12-11(14-7-8-3-2-6-19-8)15-10-9(16(17)18)4-1-5-13-10/h1,4-5,8H,2-3,6-7H2,(H3,12,13,14,15). The molecule has 3 N–H and O–H groups in total. The summed E-state index contributed by atoms with van der Waals surface area (Å²) >= 11 is 0. The Morgan fingerprint density at radius 2 is 2.58 bits per heavy atom. The second kappa shape index (κ2) is 6.10. The Morgan fingerprint density at radius 3 is 3.26 bits per heavy atom. The van der Waals surface area contributed by atoms with Gasteiger partial charge in [-0.05, 0) is 18.9 Å².